The first-order chi connectivity index (χ1) is 7.39. The van der Waals surface area contributed by atoms with Gasteiger partial charge < -0.3 is 0 Å². The van der Waals surface area contributed by atoms with Crippen molar-refractivity contribution in [2.75, 3.05) is 6.54 Å². The smallest absolute Gasteiger partial charge is 0.0610 e. The summed E-state index contributed by atoms with van der Waals surface area (Å²) in [6, 6.07) is 4.50. The fourth-order valence-electron chi connectivity index (χ4n) is 1.97. The molecule has 0 radical (unpaired) electrons. The maximum atomic E-state index is 4.50. The molecule has 0 aliphatic carbocycles. The predicted molar refractivity (Wildman–Crippen MR) is 73.6 cm³/mol. The van der Waals surface area contributed by atoms with Gasteiger partial charge in [-0.15, -0.1) is 11.3 Å². The number of hydrogen-bond donors (Lipinski definition) is 0. The summed E-state index contributed by atoms with van der Waals surface area (Å²) in [6.45, 7) is 12.0. The van der Waals surface area contributed by atoms with Crippen LogP contribution in [-0.4, -0.2) is 12.3 Å². The van der Waals surface area contributed by atoms with E-state index in [1.54, 1.807) is 0 Å². The van der Waals surface area contributed by atoms with Crippen molar-refractivity contribution in [1.82, 2.24) is 0 Å². The molecular formula is C14H19NS. The van der Waals surface area contributed by atoms with Crippen LogP contribution in [0.1, 0.15) is 44.4 Å². The second kappa shape index (κ2) is 3.85. The molecule has 1 nitrogen and oxygen atoms in total. The lowest BCUT2D eigenvalue weighted by molar-refractivity contribution is 0.604. The van der Waals surface area contributed by atoms with E-state index in [4.69, 9.17) is 0 Å². The molecule has 1 aliphatic heterocycles. The first-order valence-electron chi connectivity index (χ1n) is 5.71. The van der Waals surface area contributed by atoms with Gasteiger partial charge in [0.25, 0.3) is 0 Å². The van der Waals surface area contributed by atoms with Crippen LogP contribution in [0.25, 0.3) is 5.57 Å². The van der Waals surface area contributed by atoms with Crippen molar-refractivity contribution in [2.45, 2.75) is 40.0 Å². The molecule has 0 bridgehead atoms. The molecule has 0 fully saturated rings. The highest BCUT2D eigenvalue weighted by Gasteiger charge is 2.20. The lowest BCUT2D eigenvalue weighted by Crippen LogP contribution is -2.07. The Morgan fingerprint density at radius 2 is 1.88 bits per heavy atom. The Morgan fingerprint density at radius 3 is 2.31 bits per heavy atom. The van der Waals surface area contributed by atoms with Crippen LogP contribution < -0.4 is 0 Å². The molecule has 0 atom stereocenters. The van der Waals surface area contributed by atoms with Crippen LogP contribution in [0.3, 0.4) is 0 Å². The molecule has 0 saturated carbocycles. The van der Waals surface area contributed by atoms with Crippen LogP contribution in [0.2, 0.25) is 0 Å². The van der Waals surface area contributed by atoms with Crippen LogP contribution >= 0.6 is 11.3 Å². The zero-order valence-corrected chi connectivity index (χ0v) is 11.5. The number of nitrogens with zero attached hydrogens (tertiary/aromatic N) is 1. The van der Waals surface area contributed by atoms with Crippen molar-refractivity contribution >= 4 is 22.6 Å². The van der Waals surface area contributed by atoms with Crippen LogP contribution in [0.5, 0.6) is 0 Å². The number of thiophene rings is 1. The van der Waals surface area contributed by atoms with E-state index in [0.29, 0.717) is 0 Å². The molecule has 1 aromatic heterocycles. The topological polar surface area (TPSA) is 12.4 Å². The summed E-state index contributed by atoms with van der Waals surface area (Å²) in [5.41, 5.74) is 4.22. The Kier molecular flexibility index (Phi) is 2.79. The highest BCUT2D eigenvalue weighted by Crippen LogP contribution is 2.35. The summed E-state index contributed by atoms with van der Waals surface area (Å²) in [4.78, 5) is 7.32. The third-order valence-corrected chi connectivity index (χ3v) is 4.46. The van der Waals surface area contributed by atoms with E-state index in [9.17, 15) is 0 Å². The van der Waals surface area contributed by atoms with E-state index >= 15 is 0 Å². The van der Waals surface area contributed by atoms with Crippen molar-refractivity contribution in [3.05, 3.63) is 27.5 Å². The lowest BCUT2D eigenvalue weighted by atomic mass is 9.95. The average Bonchev–Trinajstić information content (AvgIpc) is 2.72. The molecule has 1 aliphatic rings. The third-order valence-electron chi connectivity index (χ3n) is 2.93. The maximum Gasteiger partial charge on any atom is 0.0610 e. The molecule has 2 heterocycles. The van der Waals surface area contributed by atoms with Crippen molar-refractivity contribution in [3.8, 4) is 0 Å². The van der Waals surface area contributed by atoms with Gasteiger partial charge in [-0.05, 0) is 37.0 Å². The molecule has 0 N–H and O–H groups in total. The van der Waals surface area contributed by atoms with Crippen LogP contribution in [-0.2, 0) is 5.41 Å². The highest BCUT2D eigenvalue weighted by atomic mass is 32.1. The summed E-state index contributed by atoms with van der Waals surface area (Å²) in [7, 11) is 0. The number of allylic oxidation sites excluding steroid dienone is 1. The van der Waals surface area contributed by atoms with Crippen molar-refractivity contribution in [2.24, 2.45) is 4.99 Å². The van der Waals surface area contributed by atoms with Crippen LogP contribution in [0.15, 0.2) is 22.7 Å². The Balaban J connectivity index is 2.40. The average molecular weight is 233 g/mol. The minimum Gasteiger partial charge on any atom is -0.285 e. The Hall–Kier alpha value is -0.890. The number of rotatable bonds is 1. The van der Waals surface area contributed by atoms with E-state index < -0.39 is 0 Å². The van der Waals surface area contributed by atoms with E-state index in [-0.39, 0.29) is 5.41 Å². The summed E-state index contributed by atoms with van der Waals surface area (Å²) >= 11 is 1.91. The van der Waals surface area contributed by atoms with Crippen molar-refractivity contribution < 1.29 is 0 Å². The largest absolute Gasteiger partial charge is 0.285 e. The molecule has 0 amide bonds. The minimum absolute atomic E-state index is 0.251. The highest BCUT2D eigenvalue weighted by molar-refractivity contribution is 7.13. The van der Waals surface area contributed by atoms with Gasteiger partial charge in [-0.1, -0.05) is 20.8 Å². The first kappa shape index (κ1) is 11.6. The maximum absolute atomic E-state index is 4.50. The molecule has 0 spiro atoms. The molecule has 2 heteroatoms. The molecule has 86 valence electrons. The molecule has 2 rings (SSSR count). The van der Waals surface area contributed by atoms with Gasteiger partial charge in [-0.25, -0.2) is 0 Å². The molecule has 0 aromatic carbocycles. The van der Waals surface area contributed by atoms with Gasteiger partial charge in [-0.2, -0.15) is 0 Å². The second-order valence-corrected chi connectivity index (χ2v) is 6.55. The SMILES string of the molecule is CC1=NCC(C)=C1c1ccc(C(C)(C)C)s1. The zero-order chi connectivity index (χ0) is 11.9. The summed E-state index contributed by atoms with van der Waals surface area (Å²) in [5, 5.41) is 0. The van der Waals surface area contributed by atoms with E-state index in [1.807, 2.05) is 11.3 Å². The van der Waals surface area contributed by atoms with Gasteiger partial charge in [0, 0.05) is 21.0 Å². The van der Waals surface area contributed by atoms with Gasteiger partial charge in [-0.3, -0.25) is 4.99 Å². The van der Waals surface area contributed by atoms with E-state index in [0.717, 1.165) is 6.54 Å². The molecule has 16 heavy (non-hydrogen) atoms. The van der Waals surface area contributed by atoms with Gasteiger partial charge in [0.2, 0.25) is 0 Å². The zero-order valence-electron chi connectivity index (χ0n) is 10.7. The van der Waals surface area contributed by atoms with Gasteiger partial charge in [0.15, 0.2) is 0 Å². The minimum atomic E-state index is 0.251. The summed E-state index contributed by atoms with van der Waals surface area (Å²) in [6.07, 6.45) is 0. The first-order valence-corrected chi connectivity index (χ1v) is 6.53. The normalized spacial score (nSPS) is 16.9. The summed E-state index contributed by atoms with van der Waals surface area (Å²) in [5.74, 6) is 0. The Bertz CT molecular complexity index is 469. The molecule has 0 unspecified atom stereocenters. The molecule has 0 saturated heterocycles. The van der Waals surface area contributed by atoms with E-state index in [2.05, 4.69) is 51.7 Å². The fourth-order valence-corrected chi connectivity index (χ4v) is 3.21. The number of aliphatic imine (C=N–C) groups is 1. The third kappa shape index (κ3) is 1.99. The standard InChI is InChI=1S/C14H19NS/c1-9-8-15-10(2)13(9)11-6-7-12(16-11)14(3,4)5/h6-7H,8H2,1-5H3. The Morgan fingerprint density at radius 1 is 1.19 bits per heavy atom. The monoisotopic (exact) mass is 233 g/mol. The second-order valence-electron chi connectivity index (χ2n) is 5.47. The van der Waals surface area contributed by atoms with Gasteiger partial charge in [0.1, 0.15) is 0 Å². The van der Waals surface area contributed by atoms with Crippen LogP contribution in [0.4, 0.5) is 0 Å². The van der Waals surface area contributed by atoms with E-state index in [1.165, 1.54) is 26.6 Å². The molecular weight excluding hydrogens is 214 g/mol. The number of hydrogen-bond acceptors (Lipinski definition) is 2. The van der Waals surface area contributed by atoms with Crippen molar-refractivity contribution in [3.63, 3.8) is 0 Å². The fraction of sp³-hybridized carbons (Fsp3) is 0.500. The lowest BCUT2D eigenvalue weighted by Gasteiger charge is -2.15. The Labute approximate surface area is 102 Å². The molecule has 1 aromatic rings. The van der Waals surface area contributed by atoms with Crippen LogP contribution in [0, 0.1) is 0 Å². The van der Waals surface area contributed by atoms with Crippen molar-refractivity contribution in [1.29, 1.82) is 0 Å². The summed E-state index contributed by atoms with van der Waals surface area (Å²) < 4.78 is 0. The van der Waals surface area contributed by atoms with Gasteiger partial charge in [0.05, 0.1) is 6.54 Å². The predicted octanol–water partition coefficient (Wildman–Crippen LogP) is 4.29. The van der Waals surface area contributed by atoms with Gasteiger partial charge >= 0.3 is 0 Å². The quantitative estimate of drug-likeness (QED) is 0.686.